The summed E-state index contributed by atoms with van der Waals surface area (Å²) in [5.41, 5.74) is -0.979. The molecular weight excluding hydrogens is 273 g/mol. The number of anilines is 1. The summed E-state index contributed by atoms with van der Waals surface area (Å²) in [7, 11) is 1.39. The predicted molar refractivity (Wildman–Crippen MR) is 59.7 cm³/mol. The topological polar surface area (TPSA) is 53.4 Å². The first-order valence-corrected chi connectivity index (χ1v) is 5.20. The molecule has 0 spiro atoms. The van der Waals surface area contributed by atoms with Crippen LogP contribution >= 0.6 is 11.6 Å². The Morgan fingerprint density at radius 1 is 1.56 bits per heavy atom. The molecule has 0 aliphatic rings. The van der Waals surface area contributed by atoms with Gasteiger partial charge in [0.15, 0.2) is 0 Å². The number of likely N-dealkylation sites (N-methyl/N-ethyl adjacent to an activating group) is 1. The Labute approximate surface area is 106 Å². The molecule has 1 unspecified atom stereocenters. The molecule has 1 aromatic heterocycles. The summed E-state index contributed by atoms with van der Waals surface area (Å²) in [4.78, 5) is 15.5. The summed E-state index contributed by atoms with van der Waals surface area (Å²) in [6.07, 6.45) is -3.92. The van der Waals surface area contributed by atoms with E-state index in [4.69, 9.17) is 16.7 Å². The van der Waals surface area contributed by atoms with Crippen LogP contribution in [0.5, 0.6) is 0 Å². The first kappa shape index (κ1) is 14.6. The van der Waals surface area contributed by atoms with Crippen LogP contribution in [0.4, 0.5) is 19.0 Å². The van der Waals surface area contributed by atoms with Crippen LogP contribution in [-0.2, 0) is 11.0 Å². The van der Waals surface area contributed by atoms with Gasteiger partial charge in [0.25, 0.3) is 0 Å². The van der Waals surface area contributed by atoms with Crippen molar-refractivity contribution in [2.45, 2.75) is 19.1 Å². The molecule has 1 heterocycles. The number of carboxylic acid groups (broad SMARTS) is 1. The Kier molecular flexibility index (Phi) is 4.05. The quantitative estimate of drug-likeness (QED) is 0.926. The Morgan fingerprint density at radius 3 is 2.50 bits per heavy atom. The van der Waals surface area contributed by atoms with Gasteiger partial charge in [-0.1, -0.05) is 11.6 Å². The van der Waals surface area contributed by atoms with E-state index in [9.17, 15) is 18.0 Å². The van der Waals surface area contributed by atoms with E-state index in [1.165, 1.54) is 18.9 Å². The lowest BCUT2D eigenvalue weighted by molar-refractivity contribution is -0.139. The molecule has 1 aromatic rings. The molecule has 0 fully saturated rings. The highest BCUT2D eigenvalue weighted by Gasteiger charge is 2.32. The predicted octanol–water partition coefficient (Wildman–Crippen LogP) is 2.66. The second-order valence-corrected chi connectivity index (χ2v) is 4.06. The highest BCUT2D eigenvalue weighted by Crippen LogP contribution is 2.33. The van der Waals surface area contributed by atoms with Gasteiger partial charge in [0, 0.05) is 13.2 Å². The number of aliphatic carboxylic acids is 1. The Bertz CT molecular complexity index is 465. The van der Waals surface area contributed by atoms with Gasteiger partial charge in [-0.2, -0.15) is 13.2 Å². The van der Waals surface area contributed by atoms with Gasteiger partial charge < -0.3 is 10.0 Å². The number of carbonyl (C=O) groups is 1. The van der Waals surface area contributed by atoms with Crippen molar-refractivity contribution in [1.29, 1.82) is 0 Å². The highest BCUT2D eigenvalue weighted by atomic mass is 35.5. The minimum Gasteiger partial charge on any atom is -0.480 e. The number of hydrogen-bond acceptors (Lipinski definition) is 3. The molecule has 1 atom stereocenters. The molecule has 0 bridgehead atoms. The van der Waals surface area contributed by atoms with E-state index in [2.05, 4.69) is 4.98 Å². The van der Waals surface area contributed by atoms with E-state index in [0.717, 1.165) is 6.07 Å². The van der Waals surface area contributed by atoms with Crippen molar-refractivity contribution < 1.29 is 23.1 Å². The lowest BCUT2D eigenvalue weighted by Gasteiger charge is -2.23. The molecule has 0 radical (unpaired) electrons. The monoisotopic (exact) mass is 282 g/mol. The molecule has 0 aliphatic heterocycles. The van der Waals surface area contributed by atoms with Crippen LogP contribution in [0.2, 0.25) is 5.02 Å². The first-order chi connectivity index (χ1) is 8.14. The van der Waals surface area contributed by atoms with Crippen LogP contribution in [0, 0.1) is 0 Å². The minimum atomic E-state index is -4.54. The van der Waals surface area contributed by atoms with Crippen molar-refractivity contribution in [3.63, 3.8) is 0 Å². The fourth-order valence-electron chi connectivity index (χ4n) is 1.19. The lowest BCUT2D eigenvalue weighted by atomic mass is 10.2. The summed E-state index contributed by atoms with van der Waals surface area (Å²) in [6, 6.07) is -0.235. The van der Waals surface area contributed by atoms with Crippen molar-refractivity contribution in [2.75, 3.05) is 11.9 Å². The van der Waals surface area contributed by atoms with Gasteiger partial charge in [-0.3, -0.25) is 0 Å². The number of halogens is 4. The number of carboxylic acids is 1. The zero-order valence-corrected chi connectivity index (χ0v) is 10.2. The van der Waals surface area contributed by atoms with Gasteiger partial charge in [0.05, 0.1) is 10.6 Å². The van der Waals surface area contributed by atoms with Crippen LogP contribution < -0.4 is 4.90 Å². The smallest absolute Gasteiger partial charge is 0.417 e. The fourth-order valence-corrected chi connectivity index (χ4v) is 1.49. The maximum atomic E-state index is 12.4. The highest BCUT2D eigenvalue weighted by molar-refractivity contribution is 6.33. The maximum absolute atomic E-state index is 12.4. The second-order valence-electron chi connectivity index (χ2n) is 3.65. The summed E-state index contributed by atoms with van der Waals surface area (Å²) < 4.78 is 37.1. The van der Waals surface area contributed by atoms with Crippen LogP contribution in [-0.4, -0.2) is 29.1 Å². The summed E-state index contributed by atoms with van der Waals surface area (Å²) in [5.74, 6) is -1.14. The third-order valence-electron chi connectivity index (χ3n) is 2.42. The van der Waals surface area contributed by atoms with Gasteiger partial charge in [-0.05, 0) is 13.0 Å². The summed E-state index contributed by atoms with van der Waals surface area (Å²) in [5, 5.41) is 8.55. The van der Waals surface area contributed by atoms with E-state index in [1.54, 1.807) is 0 Å². The van der Waals surface area contributed by atoms with E-state index >= 15 is 0 Å². The summed E-state index contributed by atoms with van der Waals surface area (Å²) in [6.45, 7) is 1.37. The molecule has 0 amide bonds. The Hall–Kier alpha value is -1.50. The Morgan fingerprint density at radius 2 is 2.11 bits per heavy atom. The standard InChI is InChI=1S/C10H10ClF3N2O2/c1-5(9(17)18)16(2)8-7(11)3-6(4-15-8)10(12,13)14/h3-5H,1-2H3,(H,17,18). The molecule has 0 saturated carbocycles. The largest absolute Gasteiger partial charge is 0.480 e. The van der Waals surface area contributed by atoms with Crippen molar-refractivity contribution in [3.05, 3.63) is 22.8 Å². The van der Waals surface area contributed by atoms with E-state index in [1.807, 2.05) is 0 Å². The Balaban J connectivity index is 3.10. The van der Waals surface area contributed by atoms with Crippen molar-refractivity contribution in [3.8, 4) is 0 Å². The van der Waals surface area contributed by atoms with Crippen molar-refractivity contribution >= 4 is 23.4 Å². The molecule has 4 nitrogen and oxygen atoms in total. The number of aromatic nitrogens is 1. The SMILES string of the molecule is CC(C(=O)O)N(C)c1ncc(C(F)(F)F)cc1Cl. The lowest BCUT2D eigenvalue weighted by Crippen LogP contribution is -2.36. The van der Waals surface area contributed by atoms with Gasteiger partial charge in [0.2, 0.25) is 0 Å². The number of rotatable bonds is 3. The van der Waals surface area contributed by atoms with Gasteiger partial charge in [0.1, 0.15) is 11.9 Å². The number of pyridine rings is 1. The third-order valence-corrected chi connectivity index (χ3v) is 2.70. The molecule has 100 valence electrons. The van der Waals surface area contributed by atoms with E-state index in [-0.39, 0.29) is 10.8 Å². The number of alkyl halides is 3. The molecular formula is C10H10ClF3N2O2. The molecule has 1 N–H and O–H groups in total. The minimum absolute atomic E-state index is 0.0143. The average molecular weight is 283 g/mol. The maximum Gasteiger partial charge on any atom is 0.417 e. The van der Waals surface area contributed by atoms with Crippen LogP contribution in [0.15, 0.2) is 12.3 Å². The first-order valence-electron chi connectivity index (χ1n) is 4.83. The third kappa shape index (κ3) is 3.04. The van der Waals surface area contributed by atoms with Crippen LogP contribution in [0.1, 0.15) is 12.5 Å². The van der Waals surface area contributed by atoms with E-state index < -0.39 is 23.8 Å². The van der Waals surface area contributed by atoms with E-state index in [0.29, 0.717) is 6.20 Å². The molecule has 18 heavy (non-hydrogen) atoms. The van der Waals surface area contributed by atoms with Gasteiger partial charge >= 0.3 is 12.1 Å². The fraction of sp³-hybridized carbons (Fsp3) is 0.400. The van der Waals surface area contributed by atoms with Crippen molar-refractivity contribution in [2.24, 2.45) is 0 Å². The average Bonchev–Trinajstić information content (AvgIpc) is 2.25. The number of nitrogens with zero attached hydrogens (tertiary/aromatic N) is 2. The summed E-state index contributed by atoms with van der Waals surface area (Å²) >= 11 is 5.68. The molecule has 0 saturated heterocycles. The zero-order valence-electron chi connectivity index (χ0n) is 9.49. The zero-order chi connectivity index (χ0) is 14.1. The molecule has 8 heteroatoms. The molecule has 1 rings (SSSR count). The molecule has 0 aromatic carbocycles. The number of hydrogen-bond donors (Lipinski definition) is 1. The van der Waals surface area contributed by atoms with Crippen LogP contribution in [0.25, 0.3) is 0 Å². The second kappa shape index (κ2) is 5.01. The normalized spacial score (nSPS) is 13.2. The van der Waals surface area contributed by atoms with Crippen LogP contribution in [0.3, 0.4) is 0 Å². The van der Waals surface area contributed by atoms with Crippen molar-refractivity contribution in [1.82, 2.24) is 4.98 Å². The van der Waals surface area contributed by atoms with Gasteiger partial charge in [-0.15, -0.1) is 0 Å². The molecule has 0 aliphatic carbocycles. The van der Waals surface area contributed by atoms with Gasteiger partial charge in [-0.25, -0.2) is 9.78 Å².